The van der Waals surface area contributed by atoms with Crippen molar-refractivity contribution in [2.45, 2.75) is 26.8 Å². The first-order valence-electron chi connectivity index (χ1n) is 5.94. The molecular weight excluding hydrogens is 196 g/mol. The number of aromatic nitrogens is 1. The number of aromatic amines is 1. The lowest BCUT2D eigenvalue weighted by Gasteiger charge is -2.22. The molecule has 0 aliphatic carbocycles. The van der Waals surface area contributed by atoms with E-state index in [2.05, 4.69) is 42.9 Å². The van der Waals surface area contributed by atoms with Crippen LogP contribution in [0.4, 0.5) is 0 Å². The third-order valence-electron chi connectivity index (χ3n) is 3.62. The lowest BCUT2D eigenvalue weighted by molar-refractivity contribution is 0.313. The SMILES string of the molecule is Cc1cc(C)c2[nH]c3c(c2c1)CN(C)CC3. The van der Waals surface area contributed by atoms with Crippen LogP contribution in [-0.2, 0) is 13.0 Å². The number of hydrogen-bond donors (Lipinski definition) is 1. The summed E-state index contributed by atoms with van der Waals surface area (Å²) >= 11 is 0. The molecule has 2 heteroatoms. The number of rotatable bonds is 0. The Kier molecular flexibility index (Phi) is 2.08. The molecule has 1 aliphatic heterocycles. The Morgan fingerprint density at radius 3 is 2.88 bits per heavy atom. The first-order valence-corrected chi connectivity index (χ1v) is 5.94. The molecule has 16 heavy (non-hydrogen) atoms. The van der Waals surface area contributed by atoms with Crippen LogP contribution < -0.4 is 0 Å². The van der Waals surface area contributed by atoms with Gasteiger partial charge in [0.25, 0.3) is 0 Å². The molecule has 84 valence electrons. The molecule has 1 N–H and O–H groups in total. The van der Waals surface area contributed by atoms with E-state index in [4.69, 9.17) is 0 Å². The molecule has 1 aromatic heterocycles. The largest absolute Gasteiger partial charge is 0.358 e. The summed E-state index contributed by atoms with van der Waals surface area (Å²) in [4.78, 5) is 6.00. The Morgan fingerprint density at radius 2 is 2.06 bits per heavy atom. The van der Waals surface area contributed by atoms with Crippen molar-refractivity contribution in [3.05, 3.63) is 34.5 Å². The number of aryl methyl sites for hydroxylation is 2. The van der Waals surface area contributed by atoms with Crippen molar-refractivity contribution in [1.29, 1.82) is 0 Å². The molecule has 0 radical (unpaired) electrons. The molecule has 2 aromatic rings. The zero-order valence-corrected chi connectivity index (χ0v) is 10.2. The maximum atomic E-state index is 3.61. The number of nitrogens with one attached hydrogen (secondary N) is 1. The van der Waals surface area contributed by atoms with Gasteiger partial charge in [-0.15, -0.1) is 0 Å². The Bertz CT molecular complexity index is 551. The molecule has 0 saturated heterocycles. The van der Waals surface area contributed by atoms with Gasteiger partial charge in [-0.2, -0.15) is 0 Å². The highest BCUT2D eigenvalue weighted by molar-refractivity contribution is 5.88. The molecule has 0 saturated carbocycles. The minimum Gasteiger partial charge on any atom is -0.358 e. The quantitative estimate of drug-likeness (QED) is 0.714. The van der Waals surface area contributed by atoms with Crippen molar-refractivity contribution >= 4 is 10.9 Å². The summed E-state index contributed by atoms with van der Waals surface area (Å²) in [7, 11) is 2.20. The standard InChI is InChI=1S/C14H18N2/c1-9-6-10(2)14-11(7-9)12-8-16(3)5-4-13(12)15-14/h6-7,15H,4-5,8H2,1-3H3. The Balaban J connectivity index is 2.30. The van der Waals surface area contributed by atoms with Crippen LogP contribution in [0.1, 0.15) is 22.4 Å². The van der Waals surface area contributed by atoms with Gasteiger partial charge in [-0.05, 0) is 38.1 Å². The summed E-state index contributed by atoms with van der Waals surface area (Å²) in [5.74, 6) is 0. The van der Waals surface area contributed by atoms with Crippen molar-refractivity contribution in [3.63, 3.8) is 0 Å². The highest BCUT2D eigenvalue weighted by atomic mass is 15.1. The summed E-state index contributed by atoms with van der Waals surface area (Å²) in [5, 5.41) is 1.43. The molecule has 0 spiro atoms. The number of likely N-dealkylation sites (N-methyl/N-ethyl adjacent to an activating group) is 1. The number of fused-ring (bicyclic) bond motifs is 3. The van der Waals surface area contributed by atoms with Crippen LogP contribution in [0.15, 0.2) is 12.1 Å². The maximum absolute atomic E-state index is 3.61. The highest BCUT2D eigenvalue weighted by Crippen LogP contribution is 2.29. The molecule has 0 unspecified atom stereocenters. The van der Waals surface area contributed by atoms with Gasteiger partial charge in [-0.1, -0.05) is 11.6 Å². The van der Waals surface area contributed by atoms with Crippen LogP contribution in [-0.4, -0.2) is 23.5 Å². The van der Waals surface area contributed by atoms with Crippen LogP contribution in [0.25, 0.3) is 10.9 Å². The normalized spacial score (nSPS) is 16.7. The lowest BCUT2D eigenvalue weighted by atomic mass is 10.0. The minimum absolute atomic E-state index is 1.08. The number of benzene rings is 1. The molecule has 2 heterocycles. The second-order valence-corrected chi connectivity index (χ2v) is 5.07. The van der Waals surface area contributed by atoms with Gasteiger partial charge in [0.15, 0.2) is 0 Å². The molecule has 3 rings (SSSR count). The van der Waals surface area contributed by atoms with Gasteiger partial charge in [0.1, 0.15) is 0 Å². The van der Waals surface area contributed by atoms with E-state index in [-0.39, 0.29) is 0 Å². The lowest BCUT2D eigenvalue weighted by Crippen LogP contribution is -2.25. The van der Waals surface area contributed by atoms with Gasteiger partial charge in [0.05, 0.1) is 0 Å². The Morgan fingerprint density at radius 1 is 1.25 bits per heavy atom. The number of nitrogens with zero attached hydrogens (tertiary/aromatic N) is 1. The summed E-state index contributed by atoms with van der Waals surface area (Å²) in [5.41, 5.74) is 7.02. The number of hydrogen-bond acceptors (Lipinski definition) is 1. The minimum atomic E-state index is 1.08. The van der Waals surface area contributed by atoms with Gasteiger partial charge in [0, 0.05) is 36.1 Å². The van der Waals surface area contributed by atoms with Gasteiger partial charge < -0.3 is 9.88 Å². The average molecular weight is 214 g/mol. The third kappa shape index (κ3) is 1.37. The molecule has 1 aromatic carbocycles. The van der Waals surface area contributed by atoms with E-state index in [0.29, 0.717) is 0 Å². The van der Waals surface area contributed by atoms with Crippen LogP contribution in [0.5, 0.6) is 0 Å². The highest BCUT2D eigenvalue weighted by Gasteiger charge is 2.18. The molecule has 0 bridgehead atoms. The molecule has 0 amide bonds. The second-order valence-electron chi connectivity index (χ2n) is 5.07. The van der Waals surface area contributed by atoms with Gasteiger partial charge >= 0.3 is 0 Å². The fourth-order valence-corrected chi connectivity index (χ4v) is 2.81. The smallest absolute Gasteiger partial charge is 0.0489 e. The zero-order valence-electron chi connectivity index (χ0n) is 10.2. The van der Waals surface area contributed by atoms with Crippen molar-refractivity contribution in [1.82, 2.24) is 9.88 Å². The second kappa shape index (κ2) is 3.36. The predicted molar refractivity (Wildman–Crippen MR) is 67.8 cm³/mol. The van der Waals surface area contributed by atoms with E-state index >= 15 is 0 Å². The molecule has 2 nitrogen and oxygen atoms in total. The Hall–Kier alpha value is -1.28. The zero-order chi connectivity index (χ0) is 11.3. The van der Waals surface area contributed by atoms with E-state index in [0.717, 1.165) is 19.5 Å². The van der Waals surface area contributed by atoms with Gasteiger partial charge in [-0.3, -0.25) is 0 Å². The maximum Gasteiger partial charge on any atom is 0.0489 e. The fourth-order valence-electron chi connectivity index (χ4n) is 2.81. The molecule has 0 fully saturated rings. The van der Waals surface area contributed by atoms with E-state index in [9.17, 15) is 0 Å². The van der Waals surface area contributed by atoms with Gasteiger partial charge in [-0.25, -0.2) is 0 Å². The summed E-state index contributed by atoms with van der Waals surface area (Å²) in [6, 6.07) is 4.57. The Labute approximate surface area is 96.3 Å². The van der Waals surface area contributed by atoms with Gasteiger partial charge in [0.2, 0.25) is 0 Å². The molecular formula is C14H18N2. The third-order valence-corrected chi connectivity index (χ3v) is 3.62. The van der Waals surface area contributed by atoms with Crippen LogP contribution in [0, 0.1) is 13.8 Å². The predicted octanol–water partition coefficient (Wildman–Crippen LogP) is 2.77. The van der Waals surface area contributed by atoms with Crippen LogP contribution >= 0.6 is 0 Å². The number of H-pyrrole nitrogens is 1. The summed E-state index contributed by atoms with van der Waals surface area (Å²) in [6.07, 6.45) is 1.15. The van der Waals surface area contributed by atoms with E-state index in [1.165, 1.54) is 33.3 Å². The van der Waals surface area contributed by atoms with E-state index in [1.807, 2.05) is 0 Å². The first-order chi connectivity index (χ1) is 7.65. The van der Waals surface area contributed by atoms with E-state index < -0.39 is 0 Å². The van der Waals surface area contributed by atoms with Crippen molar-refractivity contribution in [3.8, 4) is 0 Å². The summed E-state index contributed by atoms with van der Waals surface area (Å²) in [6.45, 7) is 6.62. The fraction of sp³-hybridized carbons (Fsp3) is 0.429. The average Bonchev–Trinajstić information content (AvgIpc) is 2.57. The van der Waals surface area contributed by atoms with Crippen molar-refractivity contribution < 1.29 is 0 Å². The molecule has 1 aliphatic rings. The van der Waals surface area contributed by atoms with Crippen LogP contribution in [0.2, 0.25) is 0 Å². The topological polar surface area (TPSA) is 19.0 Å². The molecule has 0 atom stereocenters. The van der Waals surface area contributed by atoms with E-state index in [1.54, 1.807) is 0 Å². The summed E-state index contributed by atoms with van der Waals surface area (Å²) < 4.78 is 0. The van der Waals surface area contributed by atoms with Crippen molar-refractivity contribution in [2.24, 2.45) is 0 Å². The van der Waals surface area contributed by atoms with Crippen molar-refractivity contribution in [2.75, 3.05) is 13.6 Å². The van der Waals surface area contributed by atoms with Crippen LogP contribution in [0.3, 0.4) is 0 Å². The first kappa shape index (κ1) is 9.91. The monoisotopic (exact) mass is 214 g/mol.